The lowest BCUT2D eigenvalue weighted by Crippen LogP contribution is -2.00. The van der Waals surface area contributed by atoms with Crippen molar-refractivity contribution in [2.24, 2.45) is 0 Å². The molecule has 0 fully saturated rings. The summed E-state index contributed by atoms with van der Waals surface area (Å²) in [5.41, 5.74) is 0. The molecule has 0 atom stereocenters. The molecule has 0 saturated heterocycles. The molecular weight excluding hydrogens is 276 g/mol. The van der Waals surface area contributed by atoms with Crippen LogP contribution >= 0.6 is 0 Å². The zero-order valence-electron chi connectivity index (χ0n) is 12.2. The van der Waals surface area contributed by atoms with E-state index in [1.807, 2.05) is 60.8 Å². The predicted molar refractivity (Wildman–Crippen MR) is 85.4 cm³/mol. The fourth-order valence-corrected chi connectivity index (χ4v) is 2.09. The van der Waals surface area contributed by atoms with Crippen molar-refractivity contribution in [2.45, 2.75) is 12.8 Å². The van der Waals surface area contributed by atoms with Crippen molar-refractivity contribution in [1.82, 2.24) is 9.97 Å². The van der Waals surface area contributed by atoms with Crippen LogP contribution in [0.2, 0.25) is 0 Å². The Morgan fingerprint density at radius 2 is 1.59 bits per heavy atom. The van der Waals surface area contributed by atoms with Gasteiger partial charge in [-0.25, -0.2) is 4.98 Å². The third-order valence-electron chi connectivity index (χ3n) is 3.18. The first-order valence-electron chi connectivity index (χ1n) is 7.34. The van der Waals surface area contributed by atoms with Gasteiger partial charge in [0.2, 0.25) is 0 Å². The van der Waals surface area contributed by atoms with E-state index < -0.39 is 0 Å². The number of imidazole rings is 1. The molecule has 0 amide bonds. The summed E-state index contributed by atoms with van der Waals surface area (Å²) in [6.45, 7) is 0.666. The number of benzene rings is 2. The van der Waals surface area contributed by atoms with Crippen molar-refractivity contribution in [1.29, 1.82) is 0 Å². The molecule has 22 heavy (non-hydrogen) atoms. The molecule has 0 unspecified atom stereocenters. The minimum atomic E-state index is 0.666. The van der Waals surface area contributed by atoms with E-state index in [9.17, 15) is 0 Å². The van der Waals surface area contributed by atoms with Crippen LogP contribution in [0.1, 0.15) is 12.2 Å². The summed E-state index contributed by atoms with van der Waals surface area (Å²) >= 11 is 0. The Hall–Kier alpha value is -2.75. The van der Waals surface area contributed by atoms with Crippen LogP contribution in [0.25, 0.3) is 0 Å². The molecule has 0 spiro atoms. The topological polar surface area (TPSA) is 47.1 Å². The number of nitrogens with zero attached hydrogens (tertiary/aromatic N) is 1. The zero-order chi connectivity index (χ0) is 15.0. The average molecular weight is 294 g/mol. The number of hydrogen-bond acceptors (Lipinski definition) is 3. The van der Waals surface area contributed by atoms with Gasteiger partial charge in [0.25, 0.3) is 0 Å². The largest absolute Gasteiger partial charge is 0.494 e. The monoisotopic (exact) mass is 294 g/mol. The number of H-pyrrole nitrogens is 1. The van der Waals surface area contributed by atoms with E-state index in [0.29, 0.717) is 6.61 Å². The smallest absolute Gasteiger partial charge is 0.127 e. The molecule has 1 N–H and O–H groups in total. The molecule has 3 rings (SSSR count). The van der Waals surface area contributed by atoms with Gasteiger partial charge in [-0.3, -0.25) is 0 Å². The molecule has 4 nitrogen and oxygen atoms in total. The van der Waals surface area contributed by atoms with E-state index in [4.69, 9.17) is 9.47 Å². The van der Waals surface area contributed by atoms with Crippen molar-refractivity contribution in [3.63, 3.8) is 0 Å². The van der Waals surface area contributed by atoms with Crippen LogP contribution in [-0.4, -0.2) is 16.6 Å². The van der Waals surface area contributed by atoms with Crippen LogP contribution in [0.4, 0.5) is 0 Å². The molecule has 0 saturated carbocycles. The predicted octanol–water partition coefficient (Wildman–Crippen LogP) is 4.21. The quantitative estimate of drug-likeness (QED) is 0.664. The maximum atomic E-state index is 5.74. The third-order valence-corrected chi connectivity index (χ3v) is 3.18. The number of aryl methyl sites for hydroxylation is 1. The van der Waals surface area contributed by atoms with E-state index in [1.54, 1.807) is 6.20 Å². The van der Waals surface area contributed by atoms with Crippen LogP contribution in [0.3, 0.4) is 0 Å². The fraction of sp³-hybridized carbons (Fsp3) is 0.167. The Bertz CT molecular complexity index is 664. The molecule has 1 aromatic heterocycles. The molecular formula is C18H18N2O2. The third kappa shape index (κ3) is 4.12. The maximum Gasteiger partial charge on any atom is 0.127 e. The molecule has 0 aliphatic carbocycles. The van der Waals surface area contributed by atoms with Gasteiger partial charge in [-0.15, -0.1) is 0 Å². The lowest BCUT2D eigenvalue weighted by Gasteiger charge is -2.08. The van der Waals surface area contributed by atoms with E-state index in [1.165, 1.54) is 0 Å². The number of aromatic amines is 1. The minimum absolute atomic E-state index is 0.666. The van der Waals surface area contributed by atoms with Crippen molar-refractivity contribution in [3.05, 3.63) is 72.8 Å². The van der Waals surface area contributed by atoms with E-state index >= 15 is 0 Å². The molecule has 1 heterocycles. The van der Waals surface area contributed by atoms with Gasteiger partial charge in [-0.1, -0.05) is 18.2 Å². The summed E-state index contributed by atoms with van der Waals surface area (Å²) in [4.78, 5) is 7.27. The molecule has 0 aliphatic rings. The van der Waals surface area contributed by atoms with Crippen LogP contribution in [0.15, 0.2) is 67.0 Å². The minimum Gasteiger partial charge on any atom is -0.494 e. The van der Waals surface area contributed by atoms with E-state index in [0.717, 1.165) is 35.9 Å². The summed E-state index contributed by atoms with van der Waals surface area (Å²) in [6, 6.07) is 17.4. The van der Waals surface area contributed by atoms with Crippen molar-refractivity contribution in [2.75, 3.05) is 6.61 Å². The fourth-order valence-electron chi connectivity index (χ4n) is 2.09. The molecule has 3 aromatic rings. The lowest BCUT2D eigenvalue weighted by atomic mass is 10.3. The summed E-state index contributed by atoms with van der Waals surface area (Å²) in [5, 5.41) is 0. The van der Waals surface area contributed by atoms with Gasteiger partial charge in [-0.05, 0) is 42.8 Å². The second kappa shape index (κ2) is 7.31. The van der Waals surface area contributed by atoms with E-state index in [-0.39, 0.29) is 0 Å². The van der Waals surface area contributed by atoms with Gasteiger partial charge in [-0.2, -0.15) is 0 Å². The normalized spacial score (nSPS) is 10.4. The maximum absolute atomic E-state index is 5.74. The summed E-state index contributed by atoms with van der Waals surface area (Å²) in [6.07, 6.45) is 5.42. The van der Waals surface area contributed by atoms with Gasteiger partial charge < -0.3 is 14.5 Å². The van der Waals surface area contributed by atoms with Crippen LogP contribution in [0, 0.1) is 0 Å². The zero-order valence-corrected chi connectivity index (χ0v) is 12.2. The Balaban J connectivity index is 1.45. The second-order valence-electron chi connectivity index (χ2n) is 4.87. The van der Waals surface area contributed by atoms with Crippen LogP contribution in [-0.2, 0) is 6.42 Å². The van der Waals surface area contributed by atoms with Gasteiger partial charge in [0, 0.05) is 18.8 Å². The summed E-state index contributed by atoms with van der Waals surface area (Å²) in [7, 11) is 0. The first kappa shape index (κ1) is 14.2. The molecule has 0 radical (unpaired) electrons. The molecule has 2 aromatic carbocycles. The standard InChI is InChI=1S/C18H18N2O2/c1-2-5-16(6-3-1)22-17-10-8-15(9-11-17)21-14-4-7-18-19-12-13-20-18/h1-3,5-6,8-13H,4,7,14H2,(H,19,20). The molecule has 0 bridgehead atoms. The highest BCUT2D eigenvalue weighted by Crippen LogP contribution is 2.23. The van der Waals surface area contributed by atoms with Gasteiger partial charge in [0.1, 0.15) is 23.1 Å². The molecule has 0 aliphatic heterocycles. The Morgan fingerprint density at radius 3 is 2.32 bits per heavy atom. The highest BCUT2D eigenvalue weighted by atomic mass is 16.5. The number of rotatable bonds is 7. The number of ether oxygens (including phenoxy) is 2. The Labute approximate surface area is 129 Å². The molecule has 4 heteroatoms. The lowest BCUT2D eigenvalue weighted by molar-refractivity contribution is 0.309. The Morgan fingerprint density at radius 1 is 0.864 bits per heavy atom. The first-order valence-corrected chi connectivity index (χ1v) is 7.34. The highest BCUT2D eigenvalue weighted by Gasteiger charge is 1.99. The number of aromatic nitrogens is 2. The van der Waals surface area contributed by atoms with Crippen molar-refractivity contribution in [3.8, 4) is 17.2 Å². The van der Waals surface area contributed by atoms with E-state index in [2.05, 4.69) is 9.97 Å². The average Bonchev–Trinajstić information content (AvgIpc) is 3.07. The Kier molecular flexibility index (Phi) is 4.72. The van der Waals surface area contributed by atoms with Gasteiger partial charge in [0.05, 0.1) is 6.61 Å². The van der Waals surface area contributed by atoms with Gasteiger partial charge in [0.15, 0.2) is 0 Å². The first-order chi connectivity index (χ1) is 10.9. The number of para-hydroxylation sites is 1. The SMILES string of the molecule is c1ccc(Oc2ccc(OCCCc3ncc[nH]3)cc2)cc1. The number of nitrogens with one attached hydrogen (secondary N) is 1. The second-order valence-corrected chi connectivity index (χ2v) is 4.87. The highest BCUT2D eigenvalue weighted by molar-refractivity contribution is 5.35. The van der Waals surface area contributed by atoms with Gasteiger partial charge >= 0.3 is 0 Å². The number of hydrogen-bond donors (Lipinski definition) is 1. The van der Waals surface area contributed by atoms with Crippen molar-refractivity contribution < 1.29 is 9.47 Å². The molecule has 112 valence electrons. The summed E-state index contributed by atoms with van der Waals surface area (Å²) in [5.74, 6) is 3.47. The van der Waals surface area contributed by atoms with Crippen LogP contribution < -0.4 is 9.47 Å². The summed E-state index contributed by atoms with van der Waals surface area (Å²) < 4.78 is 11.5. The van der Waals surface area contributed by atoms with Crippen LogP contribution in [0.5, 0.6) is 17.2 Å². The van der Waals surface area contributed by atoms with Crippen molar-refractivity contribution >= 4 is 0 Å².